The zero-order chi connectivity index (χ0) is 13.8. The van der Waals surface area contributed by atoms with Gasteiger partial charge in [-0.1, -0.05) is 6.92 Å². The van der Waals surface area contributed by atoms with Gasteiger partial charge < -0.3 is 4.90 Å². The molecule has 2 rings (SSSR count). The third kappa shape index (κ3) is 2.81. The van der Waals surface area contributed by atoms with E-state index in [4.69, 9.17) is 0 Å². The maximum Gasteiger partial charge on any atom is 0.272 e. The number of carbonyl (C=O) groups excluding carboxylic acids is 1. The van der Waals surface area contributed by atoms with Crippen LogP contribution in [-0.2, 0) is 19.5 Å². The largest absolute Gasteiger partial charge is 0.333 e. The van der Waals surface area contributed by atoms with Gasteiger partial charge in [-0.3, -0.25) is 14.6 Å². The monoisotopic (exact) mass is 262 g/mol. The average Bonchev–Trinajstić information content (AvgIpc) is 3.05. The minimum atomic E-state index is -0.0644. The standard InChI is InChI=1S/C12H18N6O/c1-4-9-6-10(18(5-2)16-9)12(19)17(3)7-11-13-8-14-15-11/h6,8H,4-5,7H2,1-3H3,(H,13,14,15). The molecule has 1 amide bonds. The molecule has 0 saturated heterocycles. The van der Waals surface area contributed by atoms with Crippen molar-refractivity contribution in [2.45, 2.75) is 33.4 Å². The summed E-state index contributed by atoms with van der Waals surface area (Å²) in [7, 11) is 1.74. The van der Waals surface area contributed by atoms with Gasteiger partial charge in [-0.25, -0.2) is 4.98 Å². The molecule has 0 fully saturated rings. The van der Waals surface area contributed by atoms with Crippen LogP contribution in [0.25, 0.3) is 0 Å². The highest BCUT2D eigenvalue weighted by molar-refractivity contribution is 5.92. The first-order chi connectivity index (χ1) is 9.15. The van der Waals surface area contributed by atoms with Crippen molar-refractivity contribution in [2.24, 2.45) is 0 Å². The number of aromatic amines is 1. The molecule has 0 radical (unpaired) electrons. The highest BCUT2D eigenvalue weighted by atomic mass is 16.2. The van der Waals surface area contributed by atoms with E-state index in [1.54, 1.807) is 16.6 Å². The summed E-state index contributed by atoms with van der Waals surface area (Å²) < 4.78 is 1.73. The van der Waals surface area contributed by atoms with E-state index in [0.29, 0.717) is 24.6 Å². The molecule has 0 aliphatic carbocycles. The molecule has 2 aromatic rings. The van der Waals surface area contributed by atoms with E-state index >= 15 is 0 Å². The number of hydrogen-bond donors (Lipinski definition) is 1. The van der Waals surface area contributed by atoms with Gasteiger partial charge in [0.25, 0.3) is 5.91 Å². The van der Waals surface area contributed by atoms with Crippen molar-refractivity contribution < 1.29 is 4.79 Å². The van der Waals surface area contributed by atoms with Gasteiger partial charge in [-0.05, 0) is 19.4 Å². The fraction of sp³-hybridized carbons (Fsp3) is 0.500. The van der Waals surface area contributed by atoms with Crippen molar-refractivity contribution in [2.75, 3.05) is 7.05 Å². The van der Waals surface area contributed by atoms with Crippen LogP contribution in [0.5, 0.6) is 0 Å². The minimum Gasteiger partial charge on any atom is -0.333 e. The Morgan fingerprint density at radius 3 is 2.84 bits per heavy atom. The Morgan fingerprint density at radius 2 is 2.26 bits per heavy atom. The van der Waals surface area contributed by atoms with Crippen molar-refractivity contribution in [3.8, 4) is 0 Å². The molecule has 0 aromatic carbocycles. The van der Waals surface area contributed by atoms with Gasteiger partial charge in [0.2, 0.25) is 0 Å². The van der Waals surface area contributed by atoms with Crippen molar-refractivity contribution in [1.29, 1.82) is 0 Å². The summed E-state index contributed by atoms with van der Waals surface area (Å²) in [5.41, 5.74) is 1.54. The van der Waals surface area contributed by atoms with Crippen LogP contribution in [0, 0.1) is 0 Å². The van der Waals surface area contributed by atoms with Gasteiger partial charge in [0.1, 0.15) is 17.8 Å². The van der Waals surface area contributed by atoms with E-state index < -0.39 is 0 Å². The molecule has 19 heavy (non-hydrogen) atoms. The summed E-state index contributed by atoms with van der Waals surface area (Å²) in [5, 5.41) is 10.9. The van der Waals surface area contributed by atoms with E-state index in [9.17, 15) is 4.79 Å². The van der Waals surface area contributed by atoms with Gasteiger partial charge in [0.05, 0.1) is 12.2 Å². The van der Waals surface area contributed by atoms with E-state index in [2.05, 4.69) is 20.3 Å². The van der Waals surface area contributed by atoms with E-state index in [0.717, 1.165) is 12.1 Å². The highest BCUT2D eigenvalue weighted by Crippen LogP contribution is 2.09. The molecule has 0 spiro atoms. The first-order valence-corrected chi connectivity index (χ1v) is 6.32. The second-order valence-corrected chi connectivity index (χ2v) is 4.28. The number of nitrogens with one attached hydrogen (secondary N) is 1. The molecule has 2 heterocycles. The highest BCUT2D eigenvalue weighted by Gasteiger charge is 2.18. The van der Waals surface area contributed by atoms with Crippen molar-refractivity contribution in [3.63, 3.8) is 0 Å². The minimum absolute atomic E-state index is 0.0644. The van der Waals surface area contributed by atoms with Gasteiger partial charge in [0.15, 0.2) is 0 Å². The van der Waals surface area contributed by atoms with Crippen LogP contribution in [0.15, 0.2) is 12.4 Å². The van der Waals surface area contributed by atoms with Gasteiger partial charge in [-0.15, -0.1) is 0 Å². The second kappa shape index (κ2) is 5.64. The summed E-state index contributed by atoms with van der Waals surface area (Å²) >= 11 is 0. The predicted octanol–water partition coefficient (Wildman–Crippen LogP) is 0.856. The predicted molar refractivity (Wildman–Crippen MR) is 69.5 cm³/mol. The molecule has 0 saturated carbocycles. The molecule has 7 heteroatoms. The number of carbonyl (C=O) groups is 1. The van der Waals surface area contributed by atoms with Crippen LogP contribution in [0.3, 0.4) is 0 Å². The molecule has 0 bridgehead atoms. The molecule has 7 nitrogen and oxygen atoms in total. The van der Waals surface area contributed by atoms with Crippen LogP contribution in [0.2, 0.25) is 0 Å². The Balaban J connectivity index is 2.16. The Labute approximate surface area is 111 Å². The normalized spacial score (nSPS) is 10.7. The molecule has 1 N–H and O–H groups in total. The molecule has 102 valence electrons. The zero-order valence-corrected chi connectivity index (χ0v) is 11.4. The van der Waals surface area contributed by atoms with Crippen LogP contribution >= 0.6 is 0 Å². The Kier molecular flexibility index (Phi) is 3.94. The number of aryl methyl sites for hydroxylation is 2. The summed E-state index contributed by atoms with van der Waals surface area (Å²) in [6.07, 6.45) is 2.25. The maximum absolute atomic E-state index is 12.4. The zero-order valence-electron chi connectivity index (χ0n) is 11.4. The Morgan fingerprint density at radius 1 is 1.47 bits per heavy atom. The third-order valence-corrected chi connectivity index (χ3v) is 2.91. The van der Waals surface area contributed by atoms with Gasteiger partial charge in [-0.2, -0.15) is 10.2 Å². The lowest BCUT2D eigenvalue weighted by atomic mass is 10.3. The van der Waals surface area contributed by atoms with E-state index in [1.165, 1.54) is 6.33 Å². The number of amides is 1. The molecule has 2 aromatic heterocycles. The molecule has 0 aliphatic rings. The lowest BCUT2D eigenvalue weighted by molar-refractivity contribution is 0.0769. The third-order valence-electron chi connectivity index (χ3n) is 2.91. The fourth-order valence-corrected chi connectivity index (χ4v) is 1.86. The summed E-state index contributed by atoms with van der Waals surface area (Å²) in [6.45, 7) is 5.07. The van der Waals surface area contributed by atoms with Crippen molar-refractivity contribution >= 4 is 5.91 Å². The van der Waals surface area contributed by atoms with Gasteiger partial charge >= 0.3 is 0 Å². The number of nitrogens with zero attached hydrogens (tertiary/aromatic N) is 5. The summed E-state index contributed by atoms with van der Waals surface area (Å²) in [5.74, 6) is 0.597. The lowest BCUT2D eigenvalue weighted by Gasteiger charge is -2.15. The first-order valence-electron chi connectivity index (χ1n) is 6.32. The topological polar surface area (TPSA) is 79.7 Å². The van der Waals surface area contributed by atoms with Crippen molar-refractivity contribution in [1.82, 2.24) is 29.9 Å². The maximum atomic E-state index is 12.4. The quantitative estimate of drug-likeness (QED) is 0.866. The molecular weight excluding hydrogens is 244 g/mol. The van der Waals surface area contributed by atoms with Crippen molar-refractivity contribution in [3.05, 3.63) is 29.6 Å². The lowest BCUT2D eigenvalue weighted by Crippen LogP contribution is -2.28. The summed E-state index contributed by atoms with van der Waals surface area (Å²) in [4.78, 5) is 18.0. The number of hydrogen-bond acceptors (Lipinski definition) is 4. The number of aromatic nitrogens is 5. The van der Waals surface area contributed by atoms with E-state index in [-0.39, 0.29) is 5.91 Å². The van der Waals surface area contributed by atoms with Crippen LogP contribution in [0.4, 0.5) is 0 Å². The second-order valence-electron chi connectivity index (χ2n) is 4.28. The van der Waals surface area contributed by atoms with Crippen LogP contribution in [-0.4, -0.2) is 42.8 Å². The number of H-pyrrole nitrogens is 1. The summed E-state index contributed by atoms with van der Waals surface area (Å²) in [6, 6.07) is 1.85. The molecule has 0 aliphatic heterocycles. The van der Waals surface area contributed by atoms with E-state index in [1.807, 2.05) is 19.9 Å². The fourth-order valence-electron chi connectivity index (χ4n) is 1.86. The van der Waals surface area contributed by atoms with Crippen LogP contribution < -0.4 is 0 Å². The molecule has 0 atom stereocenters. The SMILES string of the molecule is CCc1cc(C(=O)N(C)Cc2ncn[nH]2)n(CC)n1. The first kappa shape index (κ1) is 13.3. The molecular formula is C12H18N6O. The van der Waals surface area contributed by atoms with Gasteiger partial charge in [0, 0.05) is 13.6 Å². The number of rotatable bonds is 5. The average molecular weight is 262 g/mol. The Hall–Kier alpha value is -2.18. The smallest absolute Gasteiger partial charge is 0.272 e. The Bertz CT molecular complexity index is 545. The molecule has 0 unspecified atom stereocenters. The van der Waals surface area contributed by atoms with Crippen LogP contribution in [0.1, 0.15) is 35.9 Å².